The number of benzene rings is 2. The molecule has 3 aromatic rings. The summed E-state index contributed by atoms with van der Waals surface area (Å²) < 4.78 is 1.87. The molecule has 2 aliphatic heterocycles. The van der Waals surface area contributed by atoms with Gasteiger partial charge in [-0.25, -0.2) is 0 Å². The van der Waals surface area contributed by atoms with Crippen LogP contribution in [0.15, 0.2) is 48.5 Å². The fourth-order valence-electron chi connectivity index (χ4n) is 4.51. The lowest BCUT2D eigenvalue weighted by molar-refractivity contribution is 0.0593. The monoisotopic (exact) mass is 344 g/mol. The lowest BCUT2D eigenvalue weighted by Crippen LogP contribution is -2.43. The first-order valence-electron chi connectivity index (χ1n) is 9.18. The first-order valence-corrected chi connectivity index (χ1v) is 9.18. The van der Waals surface area contributed by atoms with Gasteiger partial charge in [-0.15, -0.1) is 0 Å². The largest absolute Gasteiger partial charge is 0.330 e. The average Bonchev–Trinajstić information content (AvgIpc) is 3.01. The van der Waals surface area contributed by atoms with Gasteiger partial charge in [0.15, 0.2) is 0 Å². The van der Waals surface area contributed by atoms with Crippen molar-refractivity contribution in [2.75, 3.05) is 6.54 Å². The summed E-state index contributed by atoms with van der Waals surface area (Å²) in [6.45, 7) is 2.72. The van der Waals surface area contributed by atoms with E-state index in [4.69, 9.17) is 0 Å². The molecule has 5 rings (SSSR count). The minimum atomic E-state index is -0.0161. The van der Waals surface area contributed by atoms with E-state index in [1.807, 2.05) is 58.9 Å². The number of nitrogens with zero attached hydrogens (tertiary/aromatic N) is 2. The Morgan fingerprint density at radius 1 is 1.04 bits per heavy atom. The van der Waals surface area contributed by atoms with E-state index < -0.39 is 0 Å². The zero-order valence-electron chi connectivity index (χ0n) is 14.7. The summed E-state index contributed by atoms with van der Waals surface area (Å²) in [5.41, 5.74) is 5.13. The number of amides is 1. The molecule has 0 saturated carbocycles. The van der Waals surface area contributed by atoms with Crippen molar-refractivity contribution in [3.63, 3.8) is 0 Å². The second-order valence-electron chi connectivity index (χ2n) is 7.28. The van der Waals surface area contributed by atoms with Crippen LogP contribution in [0, 0.1) is 6.92 Å². The van der Waals surface area contributed by atoms with Crippen LogP contribution in [0.5, 0.6) is 0 Å². The maximum atomic E-state index is 13.2. The Balaban J connectivity index is 1.64. The Bertz CT molecular complexity index is 1050. The molecule has 0 bridgehead atoms. The van der Waals surface area contributed by atoms with Crippen LogP contribution in [-0.4, -0.2) is 27.8 Å². The van der Waals surface area contributed by atoms with Crippen LogP contribution < -0.4 is 0 Å². The summed E-state index contributed by atoms with van der Waals surface area (Å²) in [6, 6.07) is 15.8. The van der Waals surface area contributed by atoms with Gasteiger partial charge in [0, 0.05) is 23.9 Å². The van der Waals surface area contributed by atoms with E-state index in [2.05, 4.69) is 6.07 Å². The molecule has 0 fully saturated rings. The molecule has 26 heavy (non-hydrogen) atoms. The molecule has 1 amide bonds. The molecule has 1 aromatic heterocycles. The van der Waals surface area contributed by atoms with Gasteiger partial charge in [-0.1, -0.05) is 35.9 Å². The molecule has 0 unspecified atom stereocenters. The minimum Gasteiger partial charge on any atom is -0.330 e. The maximum Gasteiger partial charge on any atom is 0.254 e. The van der Waals surface area contributed by atoms with Crippen LogP contribution in [0.1, 0.15) is 50.9 Å². The van der Waals surface area contributed by atoms with Gasteiger partial charge in [0.25, 0.3) is 5.91 Å². The molecule has 2 aromatic carbocycles. The third-order valence-electron chi connectivity index (χ3n) is 5.76. The van der Waals surface area contributed by atoms with Gasteiger partial charge in [-0.2, -0.15) is 0 Å². The molecule has 4 nitrogen and oxygen atoms in total. The Morgan fingerprint density at radius 3 is 2.62 bits per heavy atom. The number of aryl methyl sites for hydroxylation is 1. The van der Waals surface area contributed by atoms with E-state index in [9.17, 15) is 9.59 Å². The van der Waals surface area contributed by atoms with Gasteiger partial charge in [0.1, 0.15) is 0 Å². The van der Waals surface area contributed by atoms with E-state index in [0.29, 0.717) is 19.4 Å². The van der Waals surface area contributed by atoms with E-state index in [1.54, 1.807) is 0 Å². The Morgan fingerprint density at radius 2 is 1.81 bits per heavy atom. The number of rotatable bonds is 1. The summed E-state index contributed by atoms with van der Waals surface area (Å²) in [7, 11) is 0. The predicted octanol–water partition coefficient (Wildman–Crippen LogP) is 4.12. The molecular weight excluding hydrogens is 324 g/mol. The van der Waals surface area contributed by atoms with Crippen molar-refractivity contribution in [2.24, 2.45) is 0 Å². The SMILES string of the molecule is Cc1ccc(C(=O)N2CCc3c4n(c5ccccc35)C(=O)CC[C@@H]42)cc1. The fourth-order valence-corrected chi connectivity index (χ4v) is 4.51. The second-order valence-corrected chi connectivity index (χ2v) is 7.28. The van der Waals surface area contributed by atoms with Crippen LogP contribution >= 0.6 is 0 Å². The lowest BCUT2D eigenvalue weighted by atomic mass is 9.91. The second kappa shape index (κ2) is 5.56. The van der Waals surface area contributed by atoms with Crippen molar-refractivity contribution in [3.05, 3.63) is 70.9 Å². The number of hydrogen-bond acceptors (Lipinski definition) is 2. The topological polar surface area (TPSA) is 42.3 Å². The Hall–Kier alpha value is -2.88. The molecule has 3 heterocycles. The number of hydrogen-bond donors (Lipinski definition) is 0. The zero-order valence-corrected chi connectivity index (χ0v) is 14.7. The van der Waals surface area contributed by atoms with Gasteiger partial charge in [0.05, 0.1) is 17.3 Å². The molecule has 0 N–H and O–H groups in total. The molecule has 1 atom stereocenters. The molecule has 4 heteroatoms. The van der Waals surface area contributed by atoms with Crippen LogP contribution in [-0.2, 0) is 6.42 Å². The third-order valence-corrected chi connectivity index (χ3v) is 5.76. The minimum absolute atomic E-state index is 0.0161. The quantitative estimate of drug-likeness (QED) is 0.666. The fraction of sp³-hybridized carbons (Fsp3) is 0.273. The maximum absolute atomic E-state index is 13.2. The first-order chi connectivity index (χ1) is 12.6. The van der Waals surface area contributed by atoms with Gasteiger partial charge in [-0.05, 0) is 43.5 Å². The highest BCUT2D eigenvalue weighted by atomic mass is 16.2. The predicted molar refractivity (Wildman–Crippen MR) is 100 cm³/mol. The number of fused-ring (bicyclic) bond motifs is 3. The number of carbonyl (C=O) groups is 2. The highest BCUT2D eigenvalue weighted by Gasteiger charge is 2.39. The van der Waals surface area contributed by atoms with Crippen molar-refractivity contribution >= 4 is 22.7 Å². The van der Waals surface area contributed by atoms with Gasteiger partial charge in [-0.3, -0.25) is 14.2 Å². The summed E-state index contributed by atoms with van der Waals surface area (Å²) >= 11 is 0. The molecular formula is C22H20N2O2. The van der Waals surface area contributed by atoms with E-state index in [-0.39, 0.29) is 17.9 Å². The summed E-state index contributed by atoms with van der Waals surface area (Å²) in [5.74, 6) is 0.204. The van der Waals surface area contributed by atoms with Gasteiger partial charge < -0.3 is 4.90 Å². The first kappa shape index (κ1) is 15.4. The van der Waals surface area contributed by atoms with Crippen LogP contribution in [0.4, 0.5) is 0 Å². The molecule has 2 aliphatic rings. The normalized spacial score (nSPS) is 18.9. The van der Waals surface area contributed by atoms with Crippen LogP contribution in [0.25, 0.3) is 10.9 Å². The molecule has 0 radical (unpaired) electrons. The third kappa shape index (κ3) is 2.08. The number of para-hydroxylation sites is 1. The standard InChI is InChI=1S/C22H20N2O2/c1-14-6-8-15(9-7-14)22(26)23-13-12-17-16-4-2-3-5-18(16)24-20(25)11-10-19(23)21(17)24/h2-9,19H,10-13H2,1H3/t19-/m0/s1. The Kier molecular flexibility index (Phi) is 3.29. The van der Waals surface area contributed by atoms with Crippen molar-refractivity contribution in [1.82, 2.24) is 9.47 Å². The smallest absolute Gasteiger partial charge is 0.254 e. The highest BCUT2D eigenvalue weighted by Crippen LogP contribution is 2.42. The molecule has 130 valence electrons. The van der Waals surface area contributed by atoms with Crippen molar-refractivity contribution in [1.29, 1.82) is 0 Å². The summed E-state index contributed by atoms with van der Waals surface area (Å²) in [6.07, 6.45) is 1.98. The van der Waals surface area contributed by atoms with Crippen molar-refractivity contribution in [2.45, 2.75) is 32.2 Å². The van der Waals surface area contributed by atoms with Crippen LogP contribution in [0.3, 0.4) is 0 Å². The summed E-state index contributed by atoms with van der Waals surface area (Å²) in [5, 5.41) is 1.16. The van der Waals surface area contributed by atoms with E-state index in [0.717, 1.165) is 34.1 Å². The average molecular weight is 344 g/mol. The molecule has 0 spiro atoms. The zero-order chi connectivity index (χ0) is 17.8. The van der Waals surface area contributed by atoms with Crippen LogP contribution in [0.2, 0.25) is 0 Å². The number of aromatic nitrogens is 1. The van der Waals surface area contributed by atoms with Crippen molar-refractivity contribution in [3.8, 4) is 0 Å². The number of carbonyl (C=O) groups excluding carboxylic acids is 2. The van der Waals surface area contributed by atoms with Crippen molar-refractivity contribution < 1.29 is 9.59 Å². The van der Waals surface area contributed by atoms with Gasteiger partial charge in [0.2, 0.25) is 5.91 Å². The van der Waals surface area contributed by atoms with E-state index >= 15 is 0 Å². The lowest BCUT2D eigenvalue weighted by Gasteiger charge is -2.39. The van der Waals surface area contributed by atoms with Gasteiger partial charge >= 0.3 is 0 Å². The molecule has 0 aliphatic carbocycles. The van der Waals surface area contributed by atoms with E-state index in [1.165, 1.54) is 5.56 Å². The molecule has 0 saturated heterocycles. The Labute approximate surface area is 152 Å². The summed E-state index contributed by atoms with van der Waals surface area (Å²) in [4.78, 5) is 27.8. The highest BCUT2D eigenvalue weighted by molar-refractivity contribution is 5.99.